The van der Waals surface area contributed by atoms with Gasteiger partial charge in [-0.3, -0.25) is 9.59 Å². The second-order valence-corrected chi connectivity index (χ2v) is 9.15. The Morgan fingerprint density at radius 1 is 1.38 bits per heavy atom. The molecule has 4 aliphatic rings. The second-order valence-electron chi connectivity index (χ2n) is 9.15. The van der Waals surface area contributed by atoms with E-state index in [4.69, 9.17) is 0 Å². The van der Waals surface area contributed by atoms with Crippen LogP contribution in [-0.2, 0) is 9.59 Å². The number of hydrogen-bond acceptors (Lipinski definition) is 3. The molecule has 0 saturated heterocycles. The molecule has 2 fully saturated rings. The van der Waals surface area contributed by atoms with E-state index >= 15 is 0 Å². The lowest BCUT2D eigenvalue weighted by atomic mass is 9.45. The molecule has 2 saturated carbocycles. The molecule has 7 atom stereocenters. The summed E-state index contributed by atoms with van der Waals surface area (Å²) in [5.74, 6) is 0.370. The zero-order valence-electron chi connectivity index (χ0n) is 15.7. The molecule has 140 valence electrons. The van der Waals surface area contributed by atoms with Crippen molar-refractivity contribution in [2.45, 2.75) is 46.1 Å². The quantitative estimate of drug-likeness (QED) is 0.821. The number of rotatable bonds is 2. The Labute approximate surface area is 154 Å². The summed E-state index contributed by atoms with van der Waals surface area (Å²) in [6.07, 6.45) is 8.87. The highest BCUT2D eigenvalue weighted by Crippen LogP contribution is 2.65. The summed E-state index contributed by atoms with van der Waals surface area (Å²) in [5.41, 5.74) is 0.926. The van der Waals surface area contributed by atoms with Crippen molar-refractivity contribution in [3.8, 4) is 0 Å². The second kappa shape index (κ2) is 5.72. The molecule has 0 aromatic rings. The van der Waals surface area contributed by atoms with Crippen LogP contribution in [0.1, 0.15) is 40.0 Å². The highest BCUT2D eigenvalue weighted by molar-refractivity contribution is 6.01. The molecule has 4 aliphatic carbocycles. The lowest BCUT2D eigenvalue weighted by molar-refractivity contribution is -0.124. The van der Waals surface area contributed by atoms with E-state index in [2.05, 4.69) is 13.8 Å². The van der Waals surface area contributed by atoms with E-state index in [-0.39, 0.29) is 34.9 Å². The number of hydrogen-bond donors (Lipinski definition) is 1. The van der Waals surface area contributed by atoms with Crippen LogP contribution in [0.3, 0.4) is 0 Å². The van der Waals surface area contributed by atoms with Crippen LogP contribution in [0.2, 0.25) is 0 Å². The van der Waals surface area contributed by atoms with Crippen LogP contribution in [-0.4, -0.2) is 29.5 Å². The molecule has 0 amide bonds. The van der Waals surface area contributed by atoms with Gasteiger partial charge in [0.2, 0.25) is 0 Å². The molecule has 0 heterocycles. The number of Topliss-reactive ketones (excluding diaryl/α,β-unsaturated/α-hetero) is 1. The summed E-state index contributed by atoms with van der Waals surface area (Å²) in [7, 11) is 0. The van der Waals surface area contributed by atoms with Gasteiger partial charge in [0.25, 0.3) is 0 Å². The van der Waals surface area contributed by atoms with Crippen LogP contribution in [0.5, 0.6) is 0 Å². The predicted octanol–water partition coefficient (Wildman–Crippen LogP) is 3.59. The first-order chi connectivity index (χ1) is 12.2. The van der Waals surface area contributed by atoms with Gasteiger partial charge in [-0.1, -0.05) is 38.5 Å². The van der Waals surface area contributed by atoms with E-state index < -0.39 is 24.0 Å². The number of halogens is 1. The van der Waals surface area contributed by atoms with Crippen molar-refractivity contribution in [2.75, 3.05) is 6.67 Å². The van der Waals surface area contributed by atoms with Crippen LogP contribution < -0.4 is 0 Å². The van der Waals surface area contributed by atoms with Crippen molar-refractivity contribution < 1.29 is 19.1 Å². The maximum Gasteiger partial charge on any atom is 0.190 e. The standard InChI is InChI=1S/C22H27FO3/c1-12-8-14-15-4-5-16(19(26)11-23)22(15,3)10-18(25)20(14)21(2)7-6-13(24)9-17(12)21/h5-7,9,12,14-15,18,20,25H,4,8,10-11H2,1-3H3/t12-,14-,15?,18-,20?,21-,22-/m0/s1. The summed E-state index contributed by atoms with van der Waals surface area (Å²) in [5, 5.41) is 11.2. The highest BCUT2D eigenvalue weighted by atomic mass is 19.1. The van der Waals surface area contributed by atoms with Crippen molar-refractivity contribution in [3.63, 3.8) is 0 Å². The Kier molecular flexibility index (Phi) is 3.93. The molecule has 0 radical (unpaired) electrons. The van der Waals surface area contributed by atoms with Gasteiger partial charge in [0.1, 0.15) is 0 Å². The van der Waals surface area contributed by atoms with E-state index in [9.17, 15) is 19.1 Å². The Morgan fingerprint density at radius 3 is 2.81 bits per heavy atom. The minimum absolute atomic E-state index is 0.0243. The van der Waals surface area contributed by atoms with Gasteiger partial charge >= 0.3 is 0 Å². The third-order valence-corrected chi connectivity index (χ3v) is 7.82. The normalized spacial score (nSPS) is 46.8. The lowest BCUT2D eigenvalue weighted by Gasteiger charge is -2.59. The van der Waals surface area contributed by atoms with Crippen molar-refractivity contribution in [1.82, 2.24) is 0 Å². The molecule has 4 heteroatoms. The topological polar surface area (TPSA) is 54.4 Å². The fourth-order valence-corrected chi connectivity index (χ4v) is 6.82. The largest absolute Gasteiger partial charge is 0.393 e. The third kappa shape index (κ3) is 2.20. The van der Waals surface area contributed by atoms with E-state index in [0.29, 0.717) is 12.0 Å². The maximum atomic E-state index is 13.1. The number of aliphatic hydroxyl groups is 1. The SMILES string of the molecule is C[C@H]1C[C@@H]2C([C@@H](O)C[C@]3(C)C(C(=O)CF)=CCC23)[C@@]2(C)C=CC(=O)C=C12. The average molecular weight is 358 g/mol. The van der Waals surface area contributed by atoms with Gasteiger partial charge in [0.05, 0.1) is 6.10 Å². The monoisotopic (exact) mass is 358 g/mol. The van der Waals surface area contributed by atoms with Crippen LogP contribution in [0.4, 0.5) is 4.39 Å². The Morgan fingerprint density at radius 2 is 2.12 bits per heavy atom. The number of ketones is 2. The summed E-state index contributed by atoms with van der Waals surface area (Å²) in [6.45, 7) is 5.35. The van der Waals surface area contributed by atoms with E-state index in [1.165, 1.54) is 0 Å². The Balaban J connectivity index is 1.76. The fraction of sp³-hybridized carbons (Fsp3) is 0.636. The van der Waals surface area contributed by atoms with Crippen molar-refractivity contribution >= 4 is 11.6 Å². The first-order valence-corrected chi connectivity index (χ1v) is 9.65. The first-order valence-electron chi connectivity index (χ1n) is 9.65. The van der Waals surface area contributed by atoms with Gasteiger partial charge in [-0.05, 0) is 49.2 Å². The molecule has 0 spiro atoms. The van der Waals surface area contributed by atoms with Crippen LogP contribution >= 0.6 is 0 Å². The number of alkyl halides is 1. The van der Waals surface area contributed by atoms with Gasteiger partial charge in [-0.15, -0.1) is 0 Å². The fourth-order valence-electron chi connectivity index (χ4n) is 6.82. The summed E-state index contributed by atoms with van der Waals surface area (Å²) in [4.78, 5) is 24.1. The number of allylic oxidation sites excluding steroid dienone is 6. The van der Waals surface area contributed by atoms with Crippen molar-refractivity contribution in [3.05, 3.63) is 35.5 Å². The van der Waals surface area contributed by atoms with Gasteiger partial charge < -0.3 is 5.11 Å². The number of carbonyl (C=O) groups excluding carboxylic acids is 2. The molecule has 1 N–H and O–H groups in total. The summed E-state index contributed by atoms with van der Waals surface area (Å²) < 4.78 is 13.1. The van der Waals surface area contributed by atoms with Crippen molar-refractivity contribution in [1.29, 1.82) is 0 Å². The van der Waals surface area contributed by atoms with Gasteiger partial charge in [-0.2, -0.15) is 0 Å². The molecule has 2 unspecified atom stereocenters. The van der Waals surface area contributed by atoms with E-state index in [0.717, 1.165) is 18.4 Å². The molecule has 0 aromatic heterocycles. The molecule has 3 nitrogen and oxygen atoms in total. The van der Waals surface area contributed by atoms with Crippen LogP contribution in [0, 0.1) is 34.5 Å². The lowest BCUT2D eigenvalue weighted by Crippen LogP contribution is -2.57. The zero-order chi connectivity index (χ0) is 18.9. The average Bonchev–Trinajstić information content (AvgIpc) is 2.92. The van der Waals surface area contributed by atoms with E-state index in [1.807, 2.05) is 19.1 Å². The summed E-state index contributed by atoms with van der Waals surface area (Å²) in [6, 6.07) is 0. The van der Waals surface area contributed by atoms with E-state index in [1.54, 1.807) is 12.2 Å². The number of aliphatic hydroxyl groups excluding tert-OH is 1. The third-order valence-electron chi connectivity index (χ3n) is 7.82. The molecule has 26 heavy (non-hydrogen) atoms. The molecule has 0 bridgehead atoms. The maximum absolute atomic E-state index is 13.1. The summed E-state index contributed by atoms with van der Waals surface area (Å²) >= 11 is 0. The van der Waals surface area contributed by atoms with Crippen molar-refractivity contribution in [2.24, 2.45) is 34.5 Å². The zero-order valence-corrected chi connectivity index (χ0v) is 15.7. The molecular formula is C22H27FO3. The highest BCUT2D eigenvalue weighted by Gasteiger charge is 2.61. The number of fused-ring (bicyclic) bond motifs is 5. The minimum Gasteiger partial charge on any atom is -0.393 e. The first kappa shape index (κ1) is 17.8. The van der Waals surface area contributed by atoms with Gasteiger partial charge in [-0.25, -0.2) is 4.39 Å². The van der Waals surface area contributed by atoms with Crippen LogP contribution in [0.25, 0.3) is 0 Å². The smallest absolute Gasteiger partial charge is 0.190 e. The van der Waals surface area contributed by atoms with Gasteiger partial charge in [0.15, 0.2) is 18.2 Å². The predicted molar refractivity (Wildman–Crippen MR) is 97.0 cm³/mol. The Hall–Kier alpha value is -1.55. The number of carbonyl (C=O) groups is 2. The molecule has 0 aliphatic heterocycles. The molecule has 4 rings (SSSR count). The Bertz CT molecular complexity index is 763. The molecule has 0 aromatic carbocycles. The van der Waals surface area contributed by atoms with Crippen LogP contribution in [0.15, 0.2) is 35.5 Å². The minimum atomic E-state index is -0.968. The van der Waals surface area contributed by atoms with Gasteiger partial charge in [0, 0.05) is 22.3 Å². The molecular weight excluding hydrogens is 331 g/mol.